The first kappa shape index (κ1) is 20.2. The summed E-state index contributed by atoms with van der Waals surface area (Å²) in [6.07, 6.45) is 13.2. The quantitative estimate of drug-likeness (QED) is 0.502. The van der Waals surface area contributed by atoms with Gasteiger partial charge in [0.25, 0.3) is 0 Å². The number of benzene rings is 1. The Morgan fingerprint density at radius 3 is 2.07 bits per heavy atom. The van der Waals surface area contributed by atoms with Crippen LogP contribution in [0.1, 0.15) is 65.2 Å². The van der Waals surface area contributed by atoms with Crippen molar-refractivity contribution in [1.29, 1.82) is 0 Å². The van der Waals surface area contributed by atoms with Crippen LogP contribution in [0.5, 0.6) is 11.5 Å². The minimum Gasteiger partial charge on any atom is -0.490 e. The lowest BCUT2D eigenvalue weighted by molar-refractivity contribution is 0.124. The molecule has 0 heterocycles. The Kier molecular flexibility index (Phi) is 7.14. The molecule has 1 aromatic rings. The van der Waals surface area contributed by atoms with Crippen LogP contribution in [-0.4, -0.2) is 6.61 Å². The molecule has 150 valence electrons. The van der Waals surface area contributed by atoms with E-state index in [1.165, 1.54) is 56.9 Å². The molecule has 2 aliphatic carbocycles. The zero-order valence-corrected chi connectivity index (χ0v) is 16.6. The van der Waals surface area contributed by atoms with Crippen molar-refractivity contribution in [2.45, 2.75) is 65.2 Å². The van der Waals surface area contributed by atoms with Gasteiger partial charge in [0.2, 0.25) is 11.6 Å². The Balaban J connectivity index is 1.47. The molecular formula is C23H32F2O2. The summed E-state index contributed by atoms with van der Waals surface area (Å²) < 4.78 is 38.9. The van der Waals surface area contributed by atoms with Gasteiger partial charge in [-0.2, -0.15) is 8.78 Å². The number of ether oxygens (including phenoxy) is 2. The van der Waals surface area contributed by atoms with Gasteiger partial charge in [0.15, 0.2) is 11.5 Å². The highest BCUT2D eigenvalue weighted by Gasteiger charge is 2.30. The summed E-state index contributed by atoms with van der Waals surface area (Å²) in [5, 5.41) is 0. The monoisotopic (exact) mass is 378 g/mol. The zero-order chi connectivity index (χ0) is 19.2. The van der Waals surface area contributed by atoms with Crippen molar-refractivity contribution in [2.24, 2.45) is 23.7 Å². The maximum atomic E-state index is 14.2. The minimum atomic E-state index is -0.999. The molecule has 2 aliphatic rings. The summed E-state index contributed by atoms with van der Waals surface area (Å²) >= 11 is 0. The number of hydrogen-bond donors (Lipinski definition) is 0. The van der Waals surface area contributed by atoms with Gasteiger partial charge in [0.05, 0.1) is 12.9 Å². The Labute approximate surface area is 161 Å². The average Bonchev–Trinajstić information content (AvgIpc) is 2.69. The van der Waals surface area contributed by atoms with Gasteiger partial charge in [-0.3, -0.25) is 0 Å². The Morgan fingerprint density at radius 2 is 1.44 bits per heavy atom. The maximum Gasteiger partial charge on any atom is 0.205 e. The summed E-state index contributed by atoms with van der Waals surface area (Å²) in [5.41, 5.74) is 0. The van der Waals surface area contributed by atoms with Gasteiger partial charge < -0.3 is 9.47 Å². The SMILES string of the molecule is CC=COc1ccc(OCC2CCC(C3CCC(C)CC3)CC2)c(F)c1F. The largest absolute Gasteiger partial charge is 0.490 e. The number of allylic oxidation sites excluding steroid dienone is 1. The maximum absolute atomic E-state index is 14.2. The van der Waals surface area contributed by atoms with E-state index in [1.54, 1.807) is 13.0 Å². The molecule has 0 saturated heterocycles. The predicted octanol–water partition coefficient (Wildman–Crippen LogP) is 6.89. The first-order valence-electron chi connectivity index (χ1n) is 10.5. The van der Waals surface area contributed by atoms with Gasteiger partial charge in [-0.05, 0) is 81.3 Å². The molecule has 0 atom stereocenters. The fraction of sp³-hybridized carbons (Fsp3) is 0.652. The second kappa shape index (κ2) is 9.57. The third kappa shape index (κ3) is 5.24. The van der Waals surface area contributed by atoms with E-state index in [1.807, 2.05) is 0 Å². The summed E-state index contributed by atoms with van der Waals surface area (Å²) in [6, 6.07) is 2.86. The molecule has 0 aliphatic heterocycles. The van der Waals surface area contributed by atoms with Gasteiger partial charge in [0.1, 0.15) is 0 Å². The van der Waals surface area contributed by atoms with Gasteiger partial charge in [-0.25, -0.2) is 0 Å². The van der Waals surface area contributed by atoms with Crippen molar-refractivity contribution in [3.8, 4) is 11.5 Å². The van der Waals surface area contributed by atoms with Crippen molar-refractivity contribution in [3.05, 3.63) is 36.1 Å². The van der Waals surface area contributed by atoms with Crippen LogP contribution in [0.15, 0.2) is 24.5 Å². The van der Waals surface area contributed by atoms with E-state index in [-0.39, 0.29) is 11.5 Å². The fourth-order valence-corrected chi connectivity index (χ4v) is 4.65. The van der Waals surface area contributed by atoms with Gasteiger partial charge >= 0.3 is 0 Å². The van der Waals surface area contributed by atoms with Crippen LogP contribution >= 0.6 is 0 Å². The molecule has 0 spiro atoms. The highest BCUT2D eigenvalue weighted by molar-refractivity contribution is 5.35. The van der Waals surface area contributed by atoms with Crippen molar-refractivity contribution >= 4 is 0 Å². The number of rotatable bonds is 6. The van der Waals surface area contributed by atoms with Crippen LogP contribution in [0.3, 0.4) is 0 Å². The first-order chi connectivity index (χ1) is 13.1. The minimum absolute atomic E-state index is 0.0243. The van der Waals surface area contributed by atoms with E-state index in [2.05, 4.69) is 6.92 Å². The molecule has 0 radical (unpaired) electrons. The zero-order valence-electron chi connectivity index (χ0n) is 16.6. The summed E-state index contributed by atoms with van der Waals surface area (Å²) in [6.45, 7) is 4.57. The molecule has 0 aromatic heterocycles. The second-order valence-electron chi connectivity index (χ2n) is 8.39. The molecule has 3 rings (SSSR count). The lowest BCUT2D eigenvalue weighted by Gasteiger charge is -2.37. The Bertz CT molecular complexity index is 628. The highest BCUT2D eigenvalue weighted by Crippen LogP contribution is 2.41. The highest BCUT2D eigenvalue weighted by atomic mass is 19.2. The van der Waals surface area contributed by atoms with E-state index in [4.69, 9.17) is 9.47 Å². The molecule has 2 saturated carbocycles. The van der Waals surface area contributed by atoms with E-state index in [9.17, 15) is 8.78 Å². The van der Waals surface area contributed by atoms with Crippen LogP contribution in [0.4, 0.5) is 8.78 Å². The van der Waals surface area contributed by atoms with Gasteiger partial charge in [0, 0.05) is 0 Å². The molecule has 27 heavy (non-hydrogen) atoms. The van der Waals surface area contributed by atoms with Crippen LogP contribution in [0, 0.1) is 35.3 Å². The number of hydrogen-bond acceptors (Lipinski definition) is 2. The normalized spacial score (nSPS) is 29.0. The van der Waals surface area contributed by atoms with E-state index < -0.39 is 11.6 Å². The molecule has 0 bridgehead atoms. The predicted molar refractivity (Wildman–Crippen MR) is 104 cm³/mol. The topological polar surface area (TPSA) is 18.5 Å². The first-order valence-corrected chi connectivity index (χ1v) is 10.5. The van der Waals surface area contributed by atoms with E-state index in [0.29, 0.717) is 12.5 Å². The van der Waals surface area contributed by atoms with Crippen molar-refractivity contribution in [1.82, 2.24) is 0 Å². The standard InChI is InChI=1S/C23H32F2O2/c1-3-14-26-20-12-13-21(23(25)22(20)24)27-15-17-6-10-19(11-7-17)18-8-4-16(2)5-9-18/h3,12-14,16-19H,4-11,15H2,1-2H3. The third-order valence-electron chi connectivity index (χ3n) is 6.44. The summed E-state index contributed by atoms with van der Waals surface area (Å²) in [7, 11) is 0. The van der Waals surface area contributed by atoms with Crippen molar-refractivity contribution < 1.29 is 18.3 Å². The van der Waals surface area contributed by atoms with Gasteiger partial charge in [-0.1, -0.05) is 25.8 Å². The molecule has 4 heteroatoms. The molecule has 0 N–H and O–H groups in total. The molecule has 0 amide bonds. The van der Waals surface area contributed by atoms with Crippen LogP contribution < -0.4 is 9.47 Å². The lowest BCUT2D eigenvalue weighted by atomic mass is 9.69. The van der Waals surface area contributed by atoms with Crippen molar-refractivity contribution in [2.75, 3.05) is 6.61 Å². The Hall–Kier alpha value is -1.58. The summed E-state index contributed by atoms with van der Waals surface area (Å²) in [5.74, 6) is 0.971. The molecule has 0 unspecified atom stereocenters. The fourth-order valence-electron chi connectivity index (χ4n) is 4.65. The van der Waals surface area contributed by atoms with Crippen LogP contribution in [0.2, 0.25) is 0 Å². The van der Waals surface area contributed by atoms with Crippen molar-refractivity contribution in [3.63, 3.8) is 0 Å². The van der Waals surface area contributed by atoms with E-state index >= 15 is 0 Å². The molecule has 2 fully saturated rings. The summed E-state index contributed by atoms with van der Waals surface area (Å²) in [4.78, 5) is 0. The third-order valence-corrected chi connectivity index (χ3v) is 6.44. The van der Waals surface area contributed by atoms with Crippen LogP contribution in [-0.2, 0) is 0 Å². The van der Waals surface area contributed by atoms with Gasteiger partial charge in [-0.15, -0.1) is 0 Å². The lowest BCUT2D eigenvalue weighted by Crippen LogP contribution is -2.27. The number of halogens is 2. The Morgan fingerprint density at radius 1 is 0.889 bits per heavy atom. The van der Waals surface area contributed by atoms with Crippen LogP contribution in [0.25, 0.3) is 0 Å². The molecule has 1 aromatic carbocycles. The smallest absolute Gasteiger partial charge is 0.205 e. The second-order valence-corrected chi connectivity index (χ2v) is 8.39. The molecule has 2 nitrogen and oxygen atoms in total. The molecular weight excluding hydrogens is 346 g/mol. The average molecular weight is 379 g/mol. The van der Waals surface area contributed by atoms with E-state index in [0.717, 1.165) is 30.6 Å².